The van der Waals surface area contributed by atoms with E-state index in [2.05, 4.69) is 0 Å². The highest BCUT2D eigenvalue weighted by Gasteiger charge is 2.29. The Morgan fingerprint density at radius 1 is 1.30 bits per heavy atom. The molecule has 1 aromatic rings. The summed E-state index contributed by atoms with van der Waals surface area (Å²) in [5.41, 5.74) is 0.359. The maximum atomic E-state index is 12.3. The third-order valence-electron chi connectivity index (χ3n) is 3.84. The molecule has 1 amide bonds. The van der Waals surface area contributed by atoms with Crippen LogP contribution in [-0.4, -0.2) is 40.0 Å². The molecule has 1 aromatic carbocycles. The Balaban J connectivity index is 2.11. The SMILES string of the molecule is CN(C(=O)c1ccc([N+](=O)[O-])cc1)[C@@H]1CCCC[C@H]1O. The van der Waals surface area contributed by atoms with Crippen LogP contribution in [0.25, 0.3) is 0 Å². The van der Waals surface area contributed by atoms with Crippen molar-refractivity contribution in [3.8, 4) is 0 Å². The van der Waals surface area contributed by atoms with Gasteiger partial charge < -0.3 is 10.0 Å². The first kappa shape index (κ1) is 14.5. The van der Waals surface area contributed by atoms with Gasteiger partial charge in [0, 0.05) is 24.7 Å². The van der Waals surface area contributed by atoms with Crippen molar-refractivity contribution in [2.75, 3.05) is 7.05 Å². The number of amides is 1. The average molecular weight is 278 g/mol. The van der Waals surface area contributed by atoms with Crippen LogP contribution in [-0.2, 0) is 0 Å². The van der Waals surface area contributed by atoms with Gasteiger partial charge in [-0.2, -0.15) is 0 Å². The smallest absolute Gasteiger partial charge is 0.269 e. The molecule has 108 valence electrons. The van der Waals surface area contributed by atoms with E-state index in [9.17, 15) is 20.0 Å². The fourth-order valence-corrected chi connectivity index (χ4v) is 2.62. The van der Waals surface area contributed by atoms with E-state index in [-0.39, 0.29) is 17.6 Å². The number of likely N-dealkylation sites (N-methyl/N-ethyl adjacent to an activating group) is 1. The Labute approximate surface area is 117 Å². The quantitative estimate of drug-likeness (QED) is 0.676. The number of carbonyl (C=O) groups is 1. The van der Waals surface area contributed by atoms with E-state index in [1.54, 1.807) is 11.9 Å². The summed E-state index contributed by atoms with van der Waals surface area (Å²) in [6.07, 6.45) is 2.99. The Bertz CT molecular complexity index is 500. The molecule has 2 rings (SSSR count). The Hall–Kier alpha value is -1.95. The van der Waals surface area contributed by atoms with E-state index in [1.165, 1.54) is 24.3 Å². The summed E-state index contributed by atoms with van der Waals surface area (Å²) in [6.45, 7) is 0. The van der Waals surface area contributed by atoms with Crippen molar-refractivity contribution in [1.29, 1.82) is 0 Å². The molecule has 1 fully saturated rings. The minimum atomic E-state index is -0.497. The first-order valence-corrected chi connectivity index (χ1v) is 6.70. The number of aliphatic hydroxyl groups is 1. The molecular weight excluding hydrogens is 260 g/mol. The van der Waals surface area contributed by atoms with Crippen molar-refractivity contribution >= 4 is 11.6 Å². The van der Waals surface area contributed by atoms with Crippen molar-refractivity contribution < 1.29 is 14.8 Å². The minimum Gasteiger partial charge on any atom is -0.391 e. The molecule has 6 nitrogen and oxygen atoms in total. The van der Waals surface area contributed by atoms with Crippen LogP contribution in [0, 0.1) is 10.1 Å². The molecule has 0 saturated heterocycles. The maximum Gasteiger partial charge on any atom is 0.269 e. The average Bonchev–Trinajstić information content (AvgIpc) is 2.46. The number of non-ortho nitro benzene ring substituents is 1. The number of rotatable bonds is 3. The van der Waals surface area contributed by atoms with Gasteiger partial charge in [0.1, 0.15) is 0 Å². The van der Waals surface area contributed by atoms with Gasteiger partial charge in [0.15, 0.2) is 0 Å². The minimum absolute atomic E-state index is 0.0399. The van der Waals surface area contributed by atoms with Gasteiger partial charge in [0.2, 0.25) is 0 Å². The molecular formula is C14H18N2O4. The third-order valence-corrected chi connectivity index (χ3v) is 3.84. The molecule has 2 atom stereocenters. The van der Waals surface area contributed by atoms with Crippen LogP contribution in [0.2, 0.25) is 0 Å². The zero-order chi connectivity index (χ0) is 14.7. The molecule has 1 aliphatic carbocycles. The van der Waals surface area contributed by atoms with Gasteiger partial charge in [-0.1, -0.05) is 12.8 Å². The maximum absolute atomic E-state index is 12.3. The summed E-state index contributed by atoms with van der Waals surface area (Å²) in [6, 6.07) is 5.36. The molecule has 1 saturated carbocycles. The molecule has 0 heterocycles. The van der Waals surface area contributed by atoms with E-state index < -0.39 is 11.0 Å². The van der Waals surface area contributed by atoms with Gasteiger partial charge in [0.25, 0.3) is 11.6 Å². The lowest BCUT2D eigenvalue weighted by Crippen LogP contribution is -2.46. The van der Waals surface area contributed by atoms with Crippen LogP contribution >= 0.6 is 0 Å². The van der Waals surface area contributed by atoms with Gasteiger partial charge >= 0.3 is 0 Å². The van der Waals surface area contributed by atoms with Crippen LogP contribution in [0.15, 0.2) is 24.3 Å². The zero-order valence-electron chi connectivity index (χ0n) is 11.4. The molecule has 0 bridgehead atoms. The highest BCUT2D eigenvalue weighted by Crippen LogP contribution is 2.24. The predicted octanol–water partition coefficient (Wildman–Crippen LogP) is 1.97. The largest absolute Gasteiger partial charge is 0.391 e. The number of nitro groups is 1. The summed E-state index contributed by atoms with van der Waals surface area (Å²) < 4.78 is 0. The molecule has 0 aliphatic heterocycles. The highest BCUT2D eigenvalue weighted by atomic mass is 16.6. The summed E-state index contributed by atoms with van der Waals surface area (Å²) in [4.78, 5) is 23.9. The van der Waals surface area contributed by atoms with Crippen LogP contribution < -0.4 is 0 Å². The van der Waals surface area contributed by atoms with E-state index in [1.807, 2.05) is 0 Å². The summed E-state index contributed by atoms with van der Waals surface area (Å²) in [7, 11) is 1.67. The molecule has 1 N–H and O–H groups in total. The van der Waals surface area contributed by atoms with Crippen molar-refractivity contribution in [2.24, 2.45) is 0 Å². The van der Waals surface area contributed by atoms with Crippen molar-refractivity contribution in [1.82, 2.24) is 4.90 Å². The van der Waals surface area contributed by atoms with E-state index in [4.69, 9.17) is 0 Å². The van der Waals surface area contributed by atoms with Crippen LogP contribution in [0.1, 0.15) is 36.0 Å². The standard InChI is InChI=1S/C14H18N2O4/c1-15(12-4-2-3-5-13(12)17)14(18)10-6-8-11(9-7-10)16(19)20/h6-9,12-13,17H,2-5H2,1H3/t12-,13-/m1/s1. The van der Waals surface area contributed by atoms with Gasteiger partial charge in [-0.15, -0.1) is 0 Å². The molecule has 0 spiro atoms. The molecule has 6 heteroatoms. The number of hydrogen-bond donors (Lipinski definition) is 1. The van der Waals surface area contributed by atoms with E-state index in [0.29, 0.717) is 12.0 Å². The number of nitrogens with zero attached hydrogens (tertiary/aromatic N) is 2. The molecule has 0 radical (unpaired) electrons. The number of nitro benzene ring substituents is 1. The summed E-state index contributed by atoms with van der Waals surface area (Å²) >= 11 is 0. The highest BCUT2D eigenvalue weighted by molar-refractivity contribution is 5.94. The molecule has 0 unspecified atom stereocenters. The second kappa shape index (κ2) is 6.00. The number of aliphatic hydroxyl groups excluding tert-OH is 1. The van der Waals surface area contributed by atoms with Crippen molar-refractivity contribution in [2.45, 2.75) is 37.8 Å². The number of hydrogen-bond acceptors (Lipinski definition) is 4. The molecule has 0 aromatic heterocycles. The Morgan fingerprint density at radius 2 is 1.90 bits per heavy atom. The fraction of sp³-hybridized carbons (Fsp3) is 0.500. The lowest BCUT2D eigenvalue weighted by atomic mass is 9.91. The van der Waals surface area contributed by atoms with Gasteiger partial charge in [-0.25, -0.2) is 0 Å². The number of carbonyl (C=O) groups excluding carboxylic acids is 1. The zero-order valence-corrected chi connectivity index (χ0v) is 11.4. The van der Waals surface area contributed by atoms with Crippen LogP contribution in [0.5, 0.6) is 0 Å². The van der Waals surface area contributed by atoms with Crippen molar-refractivity contribution in [3.05, 3.63) is 39.9 Å². The molecule has 20 heavy (non-hydrogen) atoms. The topological polar surface area (TPSA) is 83.7 Å². The Kier molecular flexibility index (Phi) is 4.34. The second-order valence-corrected chi connectivity index (χ2v) is 5.14. The second-order valence-electron chi connectivity index (χ2n) is 5.14. The summed E-state index contributed by atoms with van der Waals surface area (Å²) in [5, 5.41) is 20.6. The van der Waals surface area contributed by atoms with Gasteiger partial charge in [-0.05, 0) is 25.0 Å². The van der Waals surface area contributed by atoms with Gasteiger partial charge in [0.05, 0.1) is 17.1 Å². The van der Waals surface area contributed by atoms with E-state index >= 15 is 0 Å². The van der Waals surface area contributed by atoms with Crippen LogP contribution in [0.3, 0.4) is 0 Å². The first-order valence-electron chi connectivity index (χ1n) is 6.70. The molecule has 1 aliphatic rings. The van der Waals surface area contributed by atoms with E-state index in [0.717, 1.165) is 19.3 Å². The monoisotopic (exact) mass is 278 g/mol. The Morgan fingerprint density at radius 3 is 2.45 bits per heavy atom. The lowest BCUT2D eigenvalue weighted by molar-refractivity contribution is -0.384. The normalized spacial score (nSPS) is 22.3. The summed E-state index contributed by atoms with van der Waals surface area (Å²) in [5.74, 6) is -0.217. The number of benzene rings is 1. The lowest BCUT2D eigenvalue weighted by Gasteiger charge is -2.35. The third kappa shape index (κ3) is 2.96. The van der Waals surface area contributed by atoms with Crippen molar-refractivity contribution in [3.63, 3.8) is 0 Å². The van der Waals surface area contributed by atoms with Crippen LogP contribution in [0.4, 0.5) is 5.69 Å². The predicted molar refractivity (Wildman–Crippen MR) is 73.5 cm³/mol. The fourth-order valence-electron chi connectivity index (χ4n) is 2.62. The first-order chi connectivity index (χ1) is 9.50. The van der Waals surface area contributed by atoms with Gasteiger partial charge in [-0.3, -0.25) is 14.9 Å².